The smallest absolute Gasteiger partial charge is 0.332 e. The molecular weight excluding hydrogens is 442 g/mol. The fourth-order valence-electron chi connectivity index (χ4n) is 3.13. The SMILES string of the molecule is CCCOc1ccc(/C=C/C(=O)OCC(=O)c2c(N)n(CCC)c(=O)n(C)c2=O)cc1OCC. The molecule has 2 N–H and O–H groups in total. The van der Waals surface area contributed by atoms with Crippen LogP contribution in [0.4, 0.5) is 5.82 Å². The zero-order chi connectivity index (χ0) is 25.3. The Balaban J connectivity index is 2.12. The van der Waals surface area contributed by atoms with Crippen LogP contribution in [0.15, 0.2) is 33.9 Å². The molecule has 0 aliphatic rings. The Morgan fingerprint density at radius 1 is 1.06 bits per heavy atom. The molecular formula is C24H31N3O7. The van der Waals surface area contributed by atoms with E-state index in [1.807, 2.05) is 20.8 Å². The Hall–Kier alpha value is -3.82. The van der Waals surface area contributed by atoms with E-state index in [1.54, 1.807) is 18.2 Å². The number of carbonyl (C=O) groups is 2. The highest BCUT2D eigenvalue weighted by molar-refractivity contribution is 6.02. The van der Waals surface area contributed by atoms with Crippen LogP contribution in [0.2, 0.25) is 0 Å². The first kappa shape index (κ1) is 26.4. The van der Waals surface area contributed by atoms with Crippen LogP contribution < -0.4 is 26.5 Å². The average Bonchev–Trinajstić information content (AvgIpc) is 2.82. The van der Waals surface area contributed by atoms with Crippen molar-refractivity contribution in [2.24, 2.45) is 7.05 Å². The van der Waals surface area contributed by atoms with Crippen molar-refractivity contribution in [3.63, 3.8) is 0 Å². The predicted molar refractivity (Wildman–Crippen MR) is 128 cm³/mol. The molecule has 0 saturated carbocycles. The van der Waals surface area contributed by atoms with E-state index < -0.39 is 29.6 Å². The minimum absolute atomic E-state index is 0.236. The molecule has 1 aromatic heterocycles. The summed E-state index contributed by atoms with van der Waals surface area (Å²) in [4.78, 5) is 49.4. The first-order valence-corrected chi connectivity index (χ1v) is 11.1. The lowest BCUT2D eigenvalue weighted by molar-refractivity contribution is -0.136. The lowest BCUT2D eigenvalue weighted by Gasteiger charge is -2.13. The molecule has 0 aliphatic carbocycles. The van der Waals surface area contributed by atoms with Crippen molar-refractivity contribution >= 4 is 23.6 Å². The molecule has 0 atom stereocenters. The van der Waals surface area contributed by atoms with Gasteiger partial charge in [-0.2, -0.15) is 0 Å². The minimum Gasteiger partial charge on any atom is -0.490 e. The summed E-state index contributed by atoms with van der Waals surface area (Å²) in [5, 5.41) is 0. The topological polar surface area (TPSA) is 132 Å². The minimum atomic E-state index is -0.833. The zero-order valence-electron chi connectivity index (χ0n) is 20.0. The van der Waals surface area contributed by atoms with Crippen LogP contribution in [0.1, 0.15) is 49.5 Å². The number of Topliss-reactive ketones (excluding diaryl/α,β-unsaturated/α-hetero) is 1. The zero-order valence-corrected chi connectivity index (χ0v) is 20.0. The molecule has 0 unspecified atom stereocenters. The first-order valence-electron chi connectivity index (χ1n) is 11.1. The third-order valence-corrected chi connectivity index (χ3v) is 4.80. The number of nitrogens with zero attached hydrogens (tertiary/aromatic N) is 2. The maximum atomic E-state index is 12.6. The molecule has 2 rings (SSSR count). The number of ether oxygens (including phenoxy) is 3. The second-order valence-electron chi connectivity index (χ2n) is 7.41. The molecule has 34 heavy (non-hydrogen) atoms. The van der Waals surface area contributed by atoms with E-state index in [0.717, 1.165) is 21.6 Å². The Kier molecular flexibility index (Phi) is 9.66. The van der Waals surface area contributed by atoms with Crippen molar-refractivity contribution in [1.29, 1.82) is 0 Å². The fraction of sp³-hybridized carbons (Fsp3) is 0.417. The van der Waals surface area contributed by atoms with Crippen LogP contribution in [0.5, 0.6) is 11.5 Å². The summed E-state index contributed by atoms with van der Waals surface area (Å²) in [6, 6.07) is 5.23. The summed E-state index contributed by atoms with van der Waals surface area (Å²) >= 11 is 0. The molecule has 0 radical (unpaired) electrons. The molecule has 1 aromatic carbocycles. The predicted octanol–water partition coefficient (Wildman–Crippen LogP) is 2.17. The van der Waals surface area contributed by atoms with Crippen LogP contribution in [0.3, 0.4) is 0 Å². The van der Waals surface area contributed by atoms with E-state index in [9.17, 15) is 19.2 Å². The number of esters is 1. The van der Waals surface area contributed by atoms with Crippen LogP contribution in [0, 0.1) is 0 Å². The van der Waals surface area contributed by atoms with Crippen molar-refractivity contribution in [2.45, 2.75) is 40.2 Å². The van der Waals surface area contributed by atoms with E-state index in [2.05, 4.69) is 0 Å². The number of benzene rings is 1. The second-order valence-corrected chi connectivity index (χ2v) is 7.41. The molecule has 1 heterocycles. The number of nitrogen functional groups attached to an aromatic ring is 1. The number of nitrogens with two attached hydrogens (primary N) is 1. The summed E-state index contributed by atoms with van der Waals surface area (Å²) in [6.07, 6.45) is 4.10. The van der Waals surface area contributed by atoms with E-state index in [-0.39, 0.29) is 17.9 Å². The van der Waals surface area contributed by atoms with Gasteiger partial charge in [0.2, 0.25) is 5.78 Å². The van der Waals surface area contributed by atoms with Gasteiger partial charge in [-0.3, -0.25) is 18.7 Å². The number of anilines is 1. The van der Waals surface area contributed by atoms with Crippen molar-refractivity contribution in [2.75, 3.05) is 25.6 Å². The lowest BCUT2D eigenvalue weighted by Crippen LogP contribution is -2.43. The molecule has 0 amide bonds. The molecule has 2 aromatic rings. The van der Waals surface area contributed by atoms with Gasteiger partial charge in [-0.1, -0.05) is 19.9 Å². The van der Waals surface area contributed by atoms with E-state index in [4.69, 9.17) is 19.9 Å². The number of hydrogen-bond acceptors (Lipinski definition) is 8. The van der Waals surface area contributed by atoms with Crippen LogP contribution in [0.25, 0.3) is 6.08 Å². The Morgan fingerprint density at radius 2 is 1.79 bits per heavy atom. The van der Waals surface area contributed by atoms with Gasteiger partial charge in [0.15, 0.2) is 18.1 Å². The molecule has 0 spiro atoms. The van der Waals surface area contributed by atoms with Crippen molar-refractivity contribution in [3.05, 3.63) is 56.2 Å². The summed E-state index contributed by atoms with van der Waals surface area (Å²) < 4.78 is 18.2. The van der Waals surface area contributed by atoms with Crippen LogP contribution in [-0.4, -0.2) is 40.7 Å². The average molecular weight is 474 g/mol. The third-order valence-electron chi connectivity index (χ3n) is 4.80. The molecule has 10 nitrogen and oxygen atoms in total. The highest BCUT2D eigenvalue weighted by Crippen LogP contribution is 2.29. The summed E-state index contributed by atoms with van der Waals surface area (Å²) in [5.74, 6) is -0.649. The van der Waals surface area contributed by atoms with Gasteiger partial charge in [-0.25, -0.2) is 9.59 Å². The Labute approximate surface area is 197 Å². The Morgan fingerprint density at radius 3 is 2.44 bits per heavy atom. The standard InChI is InChI=1S/C24H31N3O7/c1-5-12-27-22(25)21(23(30)26(4)24(27)31)17(28)15-34-20(29)11-9-16-8-10-18(33-13-6-2)19(14-16)32-7-3/h8-11,14H,5-7,12-13,15,25H2,1-4H3/b11-9+. The van der Waals surface area contributed by atoms with Gasteiger partial charge < -0.3 is 19.9 Å². The largest absolute Gasteiger partial charge is 0.490 e. The number of rotatable bonds is 12. The van der Waals surface area contributed by atoms with Crippen LogP contribution in [-0.2, 0) is 23.1 Å². The second kappa shape index (κ2) is 12.4. The molecule has 184 valence electrons. The van der Waals surface area contributed by atoms with Crippen LogP contribution >= 0.6 is 0 Å². The first-order chi connectivity index (χ1) is 16.2. The van der Waals surface area contributed by atoms with Crippen molar-refractivity contribution in [1.82, 2.24) is 9.13 Å². The molecule has 0 fully saturated rings. The quantitative estimate of drug-likeness (QED) is 0.282. The van der Waals surface area contributed by atoms with Gasteiger partial charge in [0.1, 0.15) is 11.4 Å². The lowest BCUT2D eigenvalue weighted by atomic mass is 10.2. The Bertz CT molecular complexity index is 1180. The number of hydrogen-bond donors (Lipinski definition) is 1. The van der Waals surface area contributed by atoms with Gasteiger partial charge in [-0.15, -0.1) is 0 Å². The highest BCUT2D eigenvalue weighted by atomic mass is 16.5. The van der Waals surface area contributed by atoms with Gasteiger partial charge >= 0.3 is 11.7 Å². The van der Waals surface area contributed by atoms with Gasteiger partial charge in [0, 0.05) is 19.7 Å². The van der Waals surface area contributed by atoms with Gasteiger partial charge in [-0.05, 0) is 43.5 Å². The summed E-state index contributed by atoms with van der Waals surface area (Å²) in [6.45, 7) is 6.24. The third kappa shape index (κ3) is 6.37. The normalized spacial score (nSPS) is 10.9. The number of carbonyl (C=O) groups excluding carboxylic acids is 2. The summed E-state index contributed by atoms with van der Waals surface area (Å²) in [7, 11) is 1.26. The number of ketones is 1. The van der Waals surface area contributed by atoms with E-state index in [0.29, 0.717) is 36.7 Å². The fourth-order valence-corrected chi connectivity index (χ4v) is 3.13. The monoisotopic (exact) mass is 473 g/mol. The highest BCUT2D eigenvalue weighted by Gasteiger charge is 2.22. The van der Waals surface area contributed by atoms with Gasteiger partial charge in [0.25, 0.3) is 5.56 Å². The molecule has 0 aliphatic heterocycles. The van der Waals surface area contributed by atoms with Crippen molar-refractivity contribution in [3.8, 4) is 11.5 Å². The maximum Gasteiger partial charge on any atom is 0.332 e. The summed E-state index contributed by atoms with van der Waals surface area (Å²) in [5.41, 5.74) is 4.76. The maximum absolute atomic E-state index is 12.6. The molecule has 0 bridgehead atoms. The van der Waals surface area contributed by atoms with E-state index in [1.165, 1.54) is 13.1 Å². The van der Waals surface area contributed by atoms with Gasteiger partial charge in [0.05, 0.1) is 13.2 Å². The van der Waals surface area contributed by atoms with E-state index >= 15 is 0 Å². The molecule has 0 saturated heterocycles. The molecule has 10 heteroatoms. The number of aromatic nitrogens is 2. The van der Waals surface area contributed by atoms with Crippen molar-refractivity contribution < 1.29 is 23.8 Å².